The second kappa shape index (κ2) is 5.13. The molecule has 1 fully saturated rings. The molecule has 0 radical (unpaired) electrons. The van der Waals surface area contributed by atoms with Gasteiger partial charge in [-0.2, -0.15) is 4.98 Å². The van der Waals surface area contributed by atoms with Crippen molar-refractivity contribution in [2.75, 3.05) is 17.2 Å². The van der Waals surface area contributed by atoms with Gasteiger partial charge in [0.1, 0.15) is 6.20 Å². The van der Waals surface area contributed by atoms with Crippen LogP contribution in [-0.4, -0.2) is 38.7 Å². The molecule has 3 N–H and O–H groups in total. The van der Waals surface area contributed by atoms with Crippen molar-refractivity contribution in [2.24, 2.45) is 0 Å². The van der Waals surface area contributed by atoms with Crippen molar-refractivity contribution in [3.05, 3.63) is 16.3 Å². The first kappa shape index (κ1) is 12.5. The van der Waals surface area contributed by atoms with Crippen molar-refractivity contribution >= 4 is 17.5 Å². The van der Waals surface area contributed by atoms with E-state index in [1.807, 2.05) is 6.92 Å². The number of aliphatic hydroxyl groups is 1. The smallest absolute Gasteiger partial charge is 0.329 e. The first-order valence-corrected chi connectivity index (χ1v) is 5.80. The molecule has 1 saturated carbocycles. The summed E-state index contributed by atoms with van der Waals surface area (Å²) < 4.78 is 0. The zero-order valence-corrected chi connectivity index (χ0v) is 9.96. The minimum absolute atomic E-state index is 0.0306. The molecule has 98 valence electrons. The van der Waals surface area contributed by atoms with Crippen LogP contribution in [0.1, 0.15) is 19.8 Å². The molecule has 0 amide bonds. The number of rotatable bonds is 5. The van der Waals surface area contributed by atoms with Crippen LogP contribution >= 0.6 is 0 Å². The molecular weight excluding hydrogens is 238 g/mol. The molecule has 1 aromatic heterocycles. The summed E-state index contributed by atoms with van der Waals surface area (Å²) >= 11 is 0. The molecule has 2 rings (SSSR count). The van der Waals surface area contributed by atoms with Crippen molar-refractivity contribution in [1.29, 1.82) is 0 Å². The van der Waals surface area contributed by atoms with E-state index in [-0.39, 0.29) is 23.7 Å². The highest BCUT2D eigenvalue weighted by atomic mass is 16.6. The van der Waals surface area contributed by atoms with E-state index >= 15 is 0 Å². The fraction of sp³-hybridized carbons (Fsp3) is 0.600. The van der Waals surface area contributed by atoms with Crippen molar-refractivity contribution < 1.29 is 10.0 Å². The zero-order valence-electron chi connectivity index (χ0n) is 9.96. The van der Waals surface area contributed by atoms with Gasteiger partial charge < -0.3 is 15.7 Å². The lowest BCUT2D eigenvalue weighted by atomic mass is 9.89. The average molecular weight is 253 g/mol. The van der Waals surface area contributed by atoms with Crippen LogP contribution < -0.4 is 10.6 Å². The third-order valence-corrected chi connectivity index (χ3v) is 2.76. The summed E-state index contributed by atoms with van der Waals surface area (Å²) in [6, 6.07) is 0.0306. The number of aromatic nitrogens is 2. The van der Waals surface area contributed by atoms with E-state index in [4.69, 9.17) is 0 Å². The number of nitrogens with one attached hydrogen (secondary N) is 2. The number of aliphatic hydroxyl groups excluding tert-OH is 1. The molecule has 8 heteroatoms. The van der Waals surface area contributed by atoms with Gasteiger partial charge in [-0.25, -0.2) is 4.98 Å². The van der Waals surface area contributed by atoms with Crippen LogP contribution in [-0.2, 0) is 0 Å². The van der Waals surface area contributed by atoms with E-state index in [0.29, 0.717) is 25.3 Å². The molecule has 0 spiro atoms. The maximum Gasteiger partial charge on any atom is 0.329 e. The minimum atomic E-state index is -0.521. The number of hydrogen-bond acceptors (Lipinski definition) is 7. The fourth-order valence-corrected chi connectivity index (χ4v) is 1.76. The maximum absolute atomic E-state index is 10.9. The first-order valence-electron chi connectivity index (χ1n) is 5.80. The first-order chi connectivity index (χ1) is 8.60. The molecule has 0 atom stereocenters. The Bertz CT molecular complexity index is 447. The molecule has 0 bridgehead atoms. The van der Waals surface area contributed by atoms with Crippen molar-refractivity contribution in [3.63, 3.8) is 0 Å². The molecule has 1 aromatic rings. The van der Waals surface area contributed by atoms with Crippen LogP contribution in [0.15, 0.2) is 6.20 Å². The van der Waals surface area contributed by atoms with Crippen molar-refractivity contribution in [3.8, 4) is 0 Å². The minimum Gasteiger partial charge on any atom is -0.393 e. The zero-order chi connectivity index (χ0) is 13.1. The number of nitro groups is 1. The lowest BCUT2D eigenvalue weighted by Gasteiger charge is -2.32. The summed E-state index contributed by atoms with van der Waals surface area (Å²) in [5, 5.41) is 25.9. The second-order valence-corrected chi connectivity index (χ2v) is 4.18. The third-order valence-electron chi connectivity index (χ3n) is 2.76. The number of nitrogens with zero attached hydrogens (tertiary/aromatic N) is 3. The second-order valence-electron chi connectivity index (χ2n) is 4.18. The predicted molar refractivity (Wildman–Crippen MR) is 65.5 cm³/mol. The van der Waals surface area contributed by atoms with Gasteiger partial charge in [0.05, 0.1) is 11.0 Å². The highest BCUT2D eigenvalue weighted by Crippen LogP contribution is 2.28. The van der Waals surface area contributed by atoms with E-state index in [9.17, 15) is 15.2 Å². The molecule has 1 aliphatic rings. The molecule has 1 heterocycles. The van der Waals surface area contributed by atoms with Crippen LogP contribution in [0.2, 0.25) is 0 Å². The molecular formula is C10H15N5O3. The predicted octanol–water partition coefficient (Wildman–Crippen LogP) is 0.752. The highest BCUT2D eigenvalue weighted by molar-refractivity contribution is 5.57. The van der Waals surface area contributed by atoms with Crippen molar-refractivity contribution in [2.45, 2.75) is 31.9 Å². The largest absolute Gasteiger partial charge is 0.393 e. The van der Waals surface area contributed by atoms with Crippen LogP contribution in [0.25, 0.3) is 0 Å². The van der Waals surface area contributed by atoms with E-state index < -0.39 is 4.92 Å². The Balaban J connectivity index is 2.17. The quantitative estimate of drug-likeness (QED) is 0.524. The third kappa shape index (κ3) is 2.65. The van der Waals surface area contributed by atoms with Gasteiger partial charge in [-0.1, -0.05) is 0 Å². The van der Waals surface area contributed by atoms with Crippen LogP contribution in [0.3, 0.4) is 0 Å². The van der Waals surface area contributed by atoms with Gasteiger partial charge >= 0.3 is 5.69 Å². The van der Waals surface area contributed by atoms with Crippen LogP contribution in [0.5, 0.6) is 0 Å². The molecule has 8 nitrogen and oxygen atoms in total. The Morgan fingerprint density at radius 3 is 2.89 bits per heavy atom. The fourth-order valence-electron chi connectivity index (χ4n) is 1.76. The Hall–Kier alpha value is -1.96. The van der Waals surface area contributed by atoms with E-state index in [1.165, 1.54) is 6.20 Å². The molecule has 0 saturated heterocycles. The Labute approximate surface area is 104 Å². The SMILES string of the molecule is CCNc1ncc([N+](=O)[O-])c(NC2CC(O)C2)n1. The van der Waals surface area contributed by atoms with Crippen molar-refractivity contribution in [1.82, 2.24) is 9.97 Å². The summed E-state index contributed by atoms with van der Waals surface area (Å²) in [5.41, 5.74) is -0.155. The van der Waals surface area contributed by atoms with E-state index in [0.717, 1.165) is 0 Å². The topological polar surface area (TPSA) is 113 Å². The van der Waals surface area contributed by atoms with Gasteiger partial charge in [-0.3, -0.25) is 10.1 Å². The number of hydrogen-bond donors (Lipinski definition) is 3. The van der Waals surface area contributed by atoms with Gasteiger partial charge in [-0.05, 0) is 19.8 Å². The summed E-state index contributed by atoms with van der Waals surface area (Å²) in [7, 11) is 0. The van der Waals surface area contributed by atoms with Gasteiger partial charge in [0.15, 0.2) is 0 Å². The molecule has 0 aliphatic heterocycles. The van der Waals surface area contributed by atoms with E-state index in [1.54, 1.807) is 0 Å². The summed E-state index contributed by atoms with van der Waals surface area (Å²) in [5.74, 6) is 0.549. The Morgan fingerprint density at radius 2 is 2.33 bits per heavy atom. The molecule has 18 heavy (non-hydrogen) atoms. The van der Waals surface area contributed by atoms with Gasteiger partial charge in [0.2, 0.25) is 11.8 Å². The molecule has 0 aromatic carbocycles. The molecule has 1 aliphatic carbocycles. The standard InChI is InChI=1S/C10H15N5O3/c1-2-11-10-12-5-8(15(17)18)9(14-10)13-6-3-7(16)4-6/h5-7,16H,2-4H2,1H3,(H2,11,12,13,14). The maximum atomic E-state index is 10.9. The summed E-state index contributed by atoms with van der Waals surface area (Å²) in [6.45, 7) is 2.53. The van der Waals surface area contributed by atoms with Crippen LogP contribution in [0, 0.1) is 10.1 Å². The monoisotopic (exact) mass is 253 g/mol. The normalized spacial score (nSPS) is 22.1. The lowest BCUT2D eigenvalue weighted by Crippen LogP contribution is -2.39. The Morgan fingerprint density at radius 1 is 1.61 bits per heavy atom. The van der Waals surface area contributed by atoms with Crippen LogP contribution in [0.4, 0.5) is 17.5 Å². The van der Waals surface area contributed by atoms with Gasteiger partial charge in [-0.15, -0.1) is 0 Å². The number of anilines is 2. The molecule has 0 unspecified atom stereocenters. The lowest BCUT2D eigenvalue weighted by molar-refractivity contribution is -0.384. The van der Waals surface area contributed by atoms with Gasteiger partial charge in [0.25, 0.3) is 0 Å². The van der Waals surface area contributed by atoms with E-state index in [2.05, 4.69) is 20.6 Å². The average Bonchev–Trinajstić information content (AvgIpc) is 2.27. The Kier molecular flexibility index (Phi) is 3.56. The highest BCUT2D eigenvalue weighted by Gasteiger charge is 2.29. The van der Waals surface area contributed by atoms with Gasteiger partial charge in [0, 0.05) is 12.6 Å². The summed E-state index contributed by atoms with van der Waals surface area (Å²) in [4.78, 5) is 18.3. The summed E-state index contributed by atoms with van der Waals surface area (Å²) in [6.07, 6.45) is 2.02.